The number of aliphatic carboxylic acids is 1. The number of carbonyl (C=O) groups excluding carboxylic acids is 1. The quantitative estimate of drug-likeness (QED) is 0.482. The van der Waals surface area contributed by atoms with E-state index in [1.165, 1.54) is 0 Å². The molecule has 0 aliphatic heterocycles. The van der Waals surface area contributed by atoms with Gasteiger partial charge in [0.1, 0.15) is 5.75 Å². The number of hydrogen-bond donors (Lipinski definition) is 2. The maximum Gasteiger partial charge on any atom is 0.341 e. The Hall–Kier alpha value is -3.51. The van der Waals surface area contributed by atoms with Crippen LogP contribution in [0.2, 0.25) is 5.02 Å². The largest absolute Gasteiger partial charge is 0.481 e. The van der Waals surface area contributed by atoms with Crippen molar-refractivity contribution in [3.8, 4) is 5.75 Å². The highest BCUT2D eigenvalue weighted by molar-refractivity contribution is 6.31. The summed E-state index contributed by atoms with van der Waals surface area (Å²) in [6.07, 6.45) is 0. The first-order chi connectivity index (χ1) is 14.4. The Morgan fingerprint density at radius 3 is 2.53 bits per heavy atom. The van der Waals surface area contributed by atoms with E-state index >= 15 is 0 Å². The molecule has 1 aromatic heterocycles. The molecular formula is C23H19ClN2O4. The van der Waals surface area contributed by atoms with Crippen molar-refractivity contribution in [1.82, 2.24) is 4.57 Å². The van der Waals surface area contributed by atoms with E-state index in [-0.39, 0.29) is 0 Å². The van der Waals surface area contributed by atoms with E-state index in [1.54, 1.807) is 18.2 Å². The van der Waals surface area contributed by atoms with Gasteiger partial charge in [-0.05, 0) is 48.4 Å². The molecule has 0 bridgehead atoms. The summed E-state index contributed by atoms with van der Waals surface area (Å²) >= 11 is 6.39. The van der Waals surface area contributed by atoms with Gasteiger partial charge in [-0.1, -0.05) is 35.9 Å². The monoisotopic (exact) mass is 422 g/mol. The molecule has 152 valence electrons. The van der Waals surface area contributed by atoms with Gasteiger partial charge in [-0.2, -0.15) is 0 Å². The zero-order valence-corrected chi connectivity index (χ0v) is 16.9. The second kappa shape index (κ2) is 7.72. The van der Waals surface area contributed by atoms with Gasteiger partial charge in [0, 0.05) is 22.5 Å². The molecule has 1 heterocycles. The molecule has 1 amide bonds. The molecule has 0 radical (unpaired) electrons. The third-order valence-electron chi connectivity index (χ3n) is 5.00. The summed E-state index contributed by atoms with van der Waals surface area (Å²) in [6, 6.07) is 16.6. The summed E-state index contributed by atoms with van der Waals surface area (Å²) in [6.45, 7) is 1.87. The first-order valence-electron chi connectivity index (χ1n) is 9.30. The summed E-state index contributed by atoms with van der Waals surface area (Å²) < 4.78 is 7.64. The Kier molecular flexibility index (Phi) is 5.10. The zero-order chi connectivity index (χ0) is 21.4. The van der Waals surface area contributed by atoms with E-state index in [0.717, 1.165) is 22.2 Å². The number of hydrogen-bond acceptors (Lipinski definition) is 3. The summed E-state index contributed by atoms with van der Waals surface area (Å²) in [5.74, 6) is -1.26. The Balaban J connectivity index is 2.07. The number of benzene rings is 3. The first-order valence-corrected chi connectivity index (χ1v) is 9.68. The number of nitrogens with zero attached hydrogens (tertiary/aromatic N) is 1. The van der Waals surface area contributed by atoms with Gasteiger partial charge in [-0.25, -0.2) is 4.79 Å². The van der Waals surface area contributed by atoms with Crippen LogP contribution in [0, 0.1) is 6.92 Å². The molecule has 6 nitrogen and oxygen atoms in total. The molecular weight excluding hydrogens is 404 g/mol. The maximum absolute atomic E-state index is 12.2. The lowest BCUT2D eigenvalue weighted by Crippen LogP contribution is -2.11. The lowest BCUT2D eigenvalue weighted by molar-refractivity contribution is -0.139. The Morgan fingerprint density at radius 2 is 1.83 bits per heavy atom. The van der Waals surface area contributed by atoms with Crippen molar-refractivity contribution >= 4 is 45.3 Å². The van der Waals surface area contributed by atoms with Crippen LogP contribution < -0.4 is 10.5 Å². The lowest BCUT2D eigenvalue weighted by atomic mass is 10.0. The van der Waals surface area contributed by atoms with Gasteiger partial charge in [0.2, 0.25) is 5.91 Å². The van der Waals surface area contributed by atoms with Gasteiger partial charge in [0.25, 0.3) is 0 Å². The number of carbonyl (C=O) groups is 2. The van der Waals surface area contributed by atoms with E-state index in [9.17, 15) is 9.59 Å². The molecule has 7 heteroatoms. The minimum absolute atomic E-state index is 0.347. The van der Waals surface area contributed by atoms with Crippen LogP contribution in [0.15, 0.2) is 54.6 Å². The number of fused-ring (bicyclic) bond motifs is 3. The number of nitrogens with two attached hydrogens (primary N) is 1. The SMILES string of the molecule is Cc1cc(OCC(=O)O)c2c3c(C(N)=O)cccc3n(Cc3ccccc3Cl)c2c1. The topological polar surface area (TPSA) is 94.6 Å². The fraction of sp³-hybridized carbons (Fsp3) is 0.130. The number of rotatable bonds is 6. The second-order valence-electron chi connectivity index (χ2n) is 7.08. The molecule has 0 aliphatic rings. The third-order valence-corrected chi connectivity index (χ3v) is 5.37. The minimum Gasteiger partial charge on any atom is -0.481 e. The fourth-order valence-electron chi connectivity index (χ4n) is 3.78. The Labute approximate surface area is 177 Å². The van der Waals surface area contributed by atoms with E-state index in [2.05, 4.69) is 0 Å². The van der Waals surface area contributed by atoms with Crippen LogP contribution in [-0.4, -0.2) is 28.2 Å². The molecule has 30 heavy (non-hydrogen) atoms. The van der Waals surface area contributed by atoms with Gasteiger partial charge in [-0.3, -0.25) is 4.79 Å². The number of primary amides is 1. The van der Waals surface area contributed by atoms with Crippen molar-refractivity contribution < 1.29 is 19.4 Å². The predicted molar refractivity (Wildman–Crippen MR) is 116 cm³/mol. The van der Waals surface area contributed by atoms with Crippen molar-refractivity contribution in [1.29, 1.82) is 0 Å². The lowest BCUT2D eigenvalue weighted by Gasteiger charge is -2.11. The molecule has 0 saturated heterocycles. The predicted octanol–water partition coefficient (Wildman–Crippen LogP) is 4.37. The van der Waals surface area contributed by atoms with Gasteiger partial charge in [-0.15, -0.1) is 0 Å². The zero-order valence-electron chi connectivity index (χ0n) is 16.2. The normalized spacial score (nSPS) is 11.1. The average molecular weight is 423 g/mol. The molecule has 4 rings (SSSR count). The van der Waals surface area contributed by atoms with E-state index in [1.807, 2.05) is 47.9 Å². The van der Waals surface area contributed by atoms with Crippen LogP contribution in [0.25, 0.3) is 21.8 Å². The molecule has 0 atom stereocenters. The van der Waals surface area contributed by atoms with Gasteiger partial charge in [0.05, 0.1) is 16.4 Å². The number of carboxylic acid groups (broad SMARTS) is 1. The van der Waals surface area contributed by atoms with E-state index in [0.29, 0.717) is 33.7 Å². The van der Waals surface area contributed by atoms with Crippen LogP contribution in [-0.2, 0) is 11.3 Å². The molecule has 0 spiro atoms. The number of aromatic nitrogens is 1. The van der Waals surface area contributed by atoms with Gasteiger partial charge < -0.3 is 20.1 Å². The Morgan fingerprint density at radius 1 is 1.07 bits per heavy atom. The third kappa shape index (κ3) is 3.46. The van der Waals surface area contributed by atoms with Gasteiger partial charge in [0.15, 0.2) is 6.61 Å². The summed E-state index contributed by atoms with van der Waals surface area (Å²) in [7, 11) is 0. The van der Waals surface area contributed by atoms with E-state index in [4.69, 9.17) is 27.2 Å². The van der Waals surface area contributed by atoms with Crippen molar-refractivity contribution in [2.45, 2.75) is 13.5 Å². The van der Waals surface area contributed by atoms with E-state index < -0.39 is 18.5 Å². The highest BCUT2D eigenvalue weighted by Gasteiger charge is 2.21. The molecule has 0 saturated carbocycles. The number of carboxylic acids is 1. The standard InChI is InChI=1S/C23H19ClN2O4/c1-13-9-18-22(19(10-13)30-12-20(27)28)21-15(23(25)29)6-4-8-17(21)26(18)11-14-5-2-3-7-16(14)24/h2-10H,11-12H2,1H3,(H2,25,29)(H,27,28). The molecule has 0 fully saturated rings. The van der Waals surface area contributed by atoms with Crippen molar-refractivity contribution in [2.24, 2.45) is 5.73 Å². The number of ether oxygens (including phenoxy) is 1. The highest BCUT2D eigenvalue weighted by Crippen LogP contribution is 2.39. The smallest absolute Gasteiger partial charge is 0.341 e. The summed E-state index contributed by atoms with van der Waals surface area (Å²) in [5, 5.41) is 11.0. The van der Waals surface area contributed by atoms with Crippen LogP contribution in [0.3, 0.4) is 0 Å². The van der Waals surface area contributed by atoms with Crippen LogP contribution in [0.5, 0.6) is 5.75 Å². The van der Waals surface area contributed by atoms with Crippen molar-refractivity contribution in [3.05, 3.63) is 76.3 Å². The minimum atomic E-state index is -1.08. The fourth-order valence-corrected chi connectivity index (χ4v) is 3.98. The summed E-state index contributed by atoms with van der Waals surface area (Å²) in [4.78, 5) is 23.3. The van der Waals surface area contributed by atoms with Crippen LogP contribution in [0.1, 0.15) is 21.5 Å². The summed E-state index contributed by atoms with van der Waals surface area (Å²) in [5.41, 5.74) is 9.40. The number of aryl methyl sites for hydroxylation is 1. The molecule has 3 N–H and O–H groups in total. The van der Waals surface area contributed by atoms with Gasteiger partial charge >= 0.3 is 5.97 Å². The van der Waals surface area contributed by atoms with Crippen LogP contribution >= 0.6 is 11.6 Å². The highest BCUT2D eigenvalue weighted by atomic mass is 35.5. The maximum atomic E-state index is 12.2. The van der Waals surface area contributed by atoms with Crippen molar-refractivity contribution in [2.75, 3.05) is 6.61 Å². The molecule has 0 aliphatic carbocycles. The molecule has 0 unspecified atom stereocenters. The Bertz CT molecular complexity index is 1310. The first kappa shape index (κ1) is 19.8. The number of amides is 1. The second-order valence-corrected chi connectivity index (χ2v) is 7.49. The average Bonchev–Trinajstić information content (AvgIpc) is 3.01. The van der Waals surface area contributed by atoms with Crippen LogP contribution in [0.4, 0.5) is 0 Å². The number of halogens is 1. The molecule has 4 aromatic rings. The molecule has 3 aromatic carbocycles. The van der Waals surface area contributed by atoms with Crippen molar-refractivity contribution in [3.63, 3.8) is 0 Å².